The van der Waals surface area contributed by atoms with Crippen LogP contribution in [0.5, 0.6) is 0 Å². The minimum atomic E-state index is -0.823. The molecule has 3 N–H and O–H groups in total. The molecule has 0 spiro atoms. The molecule has 2 aromatic rings. The molecule has 2 amide bonds. The van der Waals surface area contributed by atoms with Crippen LogP contribution in [0.4, 0.5) is 10.5 Å². The molecule has 1 aromatic carbocycles. The Balaban J connectivity index is 1.39. The number of nitrogens with zero attached hydrogens (tertiary/aromatic N) is 2. The Morgan fingerprint density at radius 1 is 1.24 bits per heavy atom. The van der Waals surface area contributed by atoms with Crippen molar-refractivity contribution in [1.82, 2.24) is 15.2 Å². The zero-order chi connectivity index (χ0) is 20.2. The third-order valence-electron chi connectivity index (χ3n) is 5.42. The first-order valence-electron chi connectivity index (χ1n) is 9.79. The average Bonchev–Trinajstić information content (AvgIpc) is 3.16. The van der Waals surface area contributed by atoms with Gasteiger partial charge in [-0.15, -0.1) is 0 Å². The van der Waals surface area contributed by atoms with E-state index in [1.54, 1.807) is 18.3 Å². The van der Waals surface area contributed by atoms with Crippen LogP contribution < -0.4 is 10.6 Å². The van der Waals surface area contributed by atoms with Crippen molar-refractivity contribution in [2.75, 3.05) is 25.5 Å². The molecule has 2 saturated heterocycles. The minimum absolute atomic E-state index is 0.336. The highest BCUT2D eigenvalue weighted by atomic mass is 16.7. The molecule has 3 heterocycles. The van der Waals surface area contributed by atoms with Crippen molar-refractivity contribution in [3.05, 3.63) is 60.4 Å². The fourth-order valence-electron chi connectivity index (χ4n) is 3.87. The van der Waals surface area contributed by atoms with Crippen LogP contribution in [0.25, 0.3) is 0 Å². The highest BCUT2D eigenvalue weighted by Gasteiger charge is 2.51. The summed E-state index contributed by atoms with van der Waals surface area (Å²) >= 11 is 0. The van der Waals surface area contributed by atoms with E-state index in [1.165, 1.54) is 0 Å². The molecule has 154 valence electrons. The average molecular weight is 398 g/mol. The van der Waals surface area contributed by atoms with E-state index in [0.717, 1.165) is 12.1 Å². The van der Waals surface area contributed by atoms with Crippen molar-refractivity contribution < 1.29 is 19.4 Å². The lowest BCUT2D eigenvalue weighted by Crippen LogP contribution is -2.65. The molecule has 8 nitrogen and oxygen atoms in total. The Hall–Kier alpha value is -2.52. The molecular formula is C21H26N4O4. The molecule has 2 aliphatic rings. The number of aliphatic hydroxyl groups excluding tert-OH is 1. The normalized spacial score (nSPS) is 28.3. The summed E-state index contributed by atoms with van der Waals surface area (Å²) in [6.07, 6.45) is 0.792. The molecule has 4 rings (SSSR count). The van der Waals surface area contributed by atoms with Crippen molar-refractivity contribution in [1.29, 1.82) is 0 Å². The van der Waals surface area contributed by atoms with Crippen LogP contribution >= 0.6 is 0 Å². The van der Waals surface area contributed by atoms with Crippen LogP contribution in [0.3, 0.4) is 0 Å². The van der Waals surface area contributed by atoms with Gasteiger partial charge in [-0.05, 0) is 31.3 Å². The number of fused-ring (bicyclic) bond motifs is 2. The summed E-state index contributed by atoms with van der Waals surface area (Å²) in [5.41, 5.74) is 1.66. The molecular weight excluding hydrogens is 372 g/mol. The van der Waals surface area contributed by atoms with Crippen LogP contribution in [0.2, 0.25) is 0 Å². The van der Waals surface area contributed by atoms with Crippen molar-refractivity contribution >= 4 is 11.7 Å². The van der Waals surface area contributed by atoms with Gasteiger partial charge >= 0.3 is 6.03 Å². The molecule has 2 aliphatic heterocycles. The van der Waals surface area contributed by atoms with E-state index >= 15 is 0 Å². The maximum absolute atomic E-state index is 12.4. The zero-order valence-electron chi connectivity index (χ0n) is 16.3. The first-order valence-corrected chi connectivity index (χ1v) is 9.79. The second-order valence-corrected chi connectivity index (χ2v) is 7.40. The second-order valence-electron chi connectivity index (χ2n) is 7.40. The highest BCUT2D eigenvalue weighted by Crippen LogP contribution is 2.31. The number of hydrogen-bond acceptors (Lipinski definition) is 6. The van der Waals surface area contributed by atoms with Crippen molar-refractivity contribution in [2.24, 2.45) is 0 Å². The van der Waals surface area contributed by atoms with Gasteiger partial charge in [-0.25, -0.2) is 4.79 Å². The summed E-state index contributed by atoms with van der Waals surface area (Å²) in [5.74, 6) is 0. The SMILES string of the molecule is CN(CCc1ccccn1)[C@@H]1[C@@H]2OC[C@H](O2)[C@@H](NC(=O)Nc2ccccc2)[C@@H]1O. The number of rotatable bonds is 6. The number of nitrogens with one attached hydrogen (secondary N) is 2. The van der Waals surface area contributed by atoms with Crippen LogP contribution in [0.1, 0.15) is 5.69 Å². The fourth-order valence-corrected chi connectivity index (χ4v) is 3.87. The second kappa shape index (κ2) is 8.87. The van der Waals surface area contributed by atoms with E-state index in [4.69, 9.17) is 9.47 Å². The Labute approximate surface area is 169 Å². The number of urea groups is 1. The third kappa shape index (κ3) is 4.56. The molecule has 2 bridgehead atoms. The smallest absolute Gasteiger partial charge is 0.319 e. The van der Waals surface area contributed by atoms with Crippen LogP contribution in [-0.4, -0.2) is 71.8 Å². The lowest BCUT2D eigenvalue weighted by Gasteiger charge is -2.42. The minimum Gasteiger partial charge on any atom is -0.389 e. The zero-order valence-corrected chi connectivity index (χ0v) is 16.3. The Bertz CT molecular complexity index is 807. The summed E-state index contributed by atoms with van der Waals surface area (Å²) in [4.78, 5) is 18.8. The van der Waals surface area contributed by atoms with Gasteiger partial charge in [0, 0.05) is 30.5 Å². The predicted molar refractivity (Wildman–Crippen MR) is 107 cm³/mol. The van der Waals surface area contributed by atoms with Gasteiger partial charge in [-0.3, -0.25) is 9.88 Å². The van der Waals surface area contributed by atoms with Crippen molar-refractivity contribution in [3.8, 4) is 0 Å². The number of pyridine rings is 1. The highest BCUT2D eigenvalue weighted by molar-refractivity contribution is 5.89. The lowest BCUT2D eigenvalue weighted by molar-refractivity contribution is -0.176. The molecule has 5 atom stereocenters. The predicted octanol–water partition coefficient (Wildman–Crippen LogP) is 1.23. The van der Waals surface area contributed by atoms with Crippen molar-refractivity contribution in [2.45, 2.75) is 37.0 Å². The van der Waals surface area contributed by atoms with E-state index < -0.39 is 18.4 Å². The number of hydrogen-bond donors (Lipinski definition) is 3. The number of para-hydroxylation sites is 1. The first kappa shape index (κ1) is 19.8. The molecule has 0 aliphatic carbocycles. The Morgan fingerprint density at radius 3 is 2.79 bits per heavy atom. The summed E-state index contributed by atoms with van der Waals surface area (Å²) < 4.78 is 11.7. The number of anilines is 1. The monoisotopic (exact) mass is 398 g/mol. The molecule has 0 saturated carbocycles. The van der Waals surface area contributed by atoms with Gasteiger partial charge in [-0.2, -0.15) is 0 Å². The first-order chi connectivity index (χ1) is 14.1. The quantitative estimate of drug-likeness (QED) is 0.677. The Morgan fingerprint density at radius 2 is 2.03 bits per heavy atom. The Kier molecular flexibility index (Phi) is 6.05. The molecule has 0 radical (unpaired) electrons. The van der Waals surface area contributed by atoms with Crippen LogP contribution in [-0.2, 0) is 15.9 Å². The molecule has 2 fully saturated rings. The number of amides is 2. The van der Waals surface area contributed by atoms with Crippen LogP contribution in [0, 0.1) is 0 Å². The van der Waals surface area contributed by atoms with Gasteiger partial charge in [0.1, 0.15) is 6.10 Å². The summed E-state index contributed by atoms with van der Waals surface area (Å²) in [6, 6.07) is 13.6. The van der Waals surface area contributed by atoms with E-state index in [0.29, 0.717) is 18.8 Å². The number of ether oxygens (including phenoxy) is 2. The number of carbonyl (C=O) groups is 1. The van der Waals surface area contributed by atoms with E-state index in [1.807, 2.05) is 48.3 Å². The number of aromatic nitrogens is 1. The third-order valence-corrected chi connectivity index (χ3v) is 5.42. The summed E-state index contributed by atoms with van der Waals surface area (Å²) in [6.45, 7) is 1.01. The van der Waals surface area contributed by atoms with E-state index in [9.17, 15) is 9.90 Å². The molecule has 0 unspecified atom stereocenters. The van der Waals surface area contributed by atoms with E-state index in [2.05, 4.69) is 15.6 Å². The number of likely N-dealkylation sites (N-methyl/N-ethyl adjacent to an activating group) is 1. The maximum Gasteiger partial charge on any atom is 0.319 e. The van der Waals surface area contributed by atoms with Gasteiger partial charge < -0.3 is 25.2 Å². The number of benzene rings is 1. The fraction of sp³-hybridized carbons (Fsp3) is 0.429. The van der Waals surface area contributed by atoms with E-state index in [-0.39, 0.29) is 18.2 Å². The molecule has 1 aromatic heterocycles. The standard InChI is InChI=1S/C21H26N4O4/c1-25(12-10-14-7-5-6-11-22-14)18-19(26)17(16-13-28-20(18)29-16)24-21(27)23-15-8-3-2-4-9-15/h2-9,11,16-20,26H,10,12-13H2,1H3,(H2,23,24,27)/t16-,17+,18-,19-,20+/m0/s1. The maximum atomic E-state index is 12.4. The van der Waals surface area contributed by atoms with Crippen LogP contribution in [0.15, 0.2) is 54.7 Å². The summed E-state index contributed by atoms with van der Waals surface area (Å²) in [7, 11) is 1.92. The van der Waals surface area contributed by atoms with Crippen molar-refractivity contribution in [3.63, 3.8) is 0 Å². The summed E-state index contributed by atoms with van der Waals surface area (Å²) in [5, 5.41) is 16.7. The molecule has 29 heavy (non-hydrogen) atoms. The largest absolute Gasteiger partial charge is 0.389 e. The van der Waals surface area contributed by atoms with Gasteiger partial charge in [0.25, 0.3) is 0 Å². The van der Waals surface area contributed by atoms with Gasteiger partial charge in [0.15, 0.2) is 6.29 Å². The van der Waals surface area contributed by atoms with Gasteiger partial charge in [0.2, 0.25) is 0 Å². The number of aliphatic hydroxyl groups is 1. The molecule has 8 heteroatoms. The van der Waals surface area contributed by atoms with Gasteiger partial charge in [-0.1, -0.05) is 24.3 Å². The number of carbonyl (C=O) groups excluding carboxylic acids is 1. The topological polar surface area (TPSA) is 96.0 Å². The lowest BCUT2D eigenvalue weighted by atomic mass is 9.95. The van der Waals surface area contributed by atoms with Gasteiger partial charge in [0.05, 0.1) is 24.8 Å².